The fourth-order valence-corrected chi connectivity index (χ4v) is 0.505. The lowest BCUT2D eigenvalue weighted by atomic mass is 10.9. The molecular formula is C3H9N5. The molecule has 0 saturated heterocycles. The van der Waals surface area contributed by atoms with Gasteiger partial charge in [-0.05, 0) is 0 Å². The summed E-state index contributed by atoms with van der Waals surface area (Å²) in [5.41, 5.74) is 5.31. The highest BCUT2D eigenvalue weighted by molar-refractivity contribution is 5.79. The minimum Gasteiger partial charge on any atom is -0.357 e. The van der Waals surface area contributed by atoms with Crippen LogP contribution in [0.3, 0.4) is 0 Å². The lowest BCUT2D eigenvalue weighted by molar-refractivity contribution is 0.343. The van der Waals surface area contributed by atoms with Gasteiger partial charge in [0.15, 0.2) is 0 Å². The van der Waals surface area contributed by atoms with Gasteiger partial charge in [0.05, 0.1) is 0 Å². The standard InChI is InChI=1S/C3H9N5/c1-4-3-5-6-7-8(3)2/h6-7H,1-2H3,(H,4,5). The molecule has 3 N–H and O–H groups in total. The first-order valence-electron chi connectivity index (χ1n) is 2.34. The molecule has 0 spiro atoms. The van der Waals surface area contributed by atoms with Crippen LogP contribution in [0.15, 0.2) is 5.10 Å². The number of hydrogen-bond acceptors (Lipinski definition) is 5. The first-order chi connectivity index (χ1) is 3.84. The molecule has 0 unspecified atom stereocenters. The summed E-state index contributed by atoms with van der Waals surface area (Å²) in [6.07, 6.45) is 0. The first-order valence-corrected chi connectivity index (χ1v) is 2.34. The molecule has 0 saturated carbocycles. The molecule has 0 amide bonds. The molecule has 5 heteroatoms. The largest absolute Gasteiger partial charge is 0.357 e. The maximum atomic E-state index is 3.81. The Balaban J connectivity index is 2.49. The van der Waals surface area contributed by atoms with Crippen molar-refractivity contribution in [2.75, 3.05) is 14.1 Å². The Labute approximate surface area is 47.7 Å². The van der Waals surface area contributed by atoms with Crippen molar-refractivity contribution in [1.29, 1.82) is 0 Å². The van der Waals surface area contributed by atoms with Crippen LogP contribution in [0.25, 0.3) is 0 Å². The molecule has 1 heterocycles. The van der Waals surface area contributed by atoms with E-state index in [1.165, 1.54) is 0 Å². The van der Waals surface area contributed by atoms with Crippen LogP contribution in [-0.4, -0.2) is 25.1 Å². The van der Waals surface area contributed by atoms with Crippen LogP contribution in [0.4, 0.5) is 0 Å². The maximum absolute atomic E-state index is 3.81. The Kier molecular flexibility index (Phi) is 1.21. The number of guanidine groups is 1. The number of rotatable bonds is 0. The van der Waals surface area contributed by atoms with Crippen LogP contribution in [0.2, 0.25) is 0 Å². The van der Waals surface area contributed by atoms with Crippen molar-refractivity contribution in [2.24, 2.45) is 5.10 Å². The molecule has 0 aromatic rings. The molecule has 1 aliphatic heterocycles. The van der Waals surface area contributed by atoms with Gasteiger partial charge in [0.25, 0.3) is 0 Å². The third-order valence-electron chi connectivity index (χ3n) is 0.921. The van der Waals surface area contributed by atoms with Crippen molar-refractivity contribution in [2.45, 2.75) is 0 Å². The average molecular weight is 115 g/mol. The molecule has 0 atom stereocenters. The molecule has 0 bridgehead atoms. The van der Waals surface area contributed by atoms with E-state index in [0.717, 1.165) is 5.96 Å². The van der Waals surface area contributed by atoms with Crippen LogP contribution in [-0.2, 0) is 0 Å². The van der Waals surface area contributed by atoms with E-state index in [-0.39, 0.29) is 0 Å². The minimum atomic E-state index is 0.782. The molecular weight excluding hydrogens is 106 g/mol. The van der Waals surface area contributed by atoms with Crippen molar-refractivity contribution in [3.05, 3.63) is 0 Å². The molecule has 8 heavy (non-hydrogen) atoms. The predicted octanol–water partition coefficient (Wildman–Crippen LogP) is -1.57. The van der Waals surface area contributed by atoms with Crippen molar-refractivity contribution in [3.63, 3.8) is 0 Å². The summed E-state index contributed by atoms with van der Waals surface area (Å²) in [5.74, 6) is 0.782. The van der Waals surface area contributed by atoms with Gasteiger partial charge in [-0.25, -0.2) is 5.53 Å². The van der Waals surface area contributed by atoms with E-state index in [9.17, 15) is 0 Å². The van der Waals surface area contributed by atoms with Gasteiger partial charge >= 0.3 is 0 Å². The summed E-state index contributed by atoms with van der Waals surface area (Å²) < 4.78 is 0. The zero-order chi connectivity index (χ0) is 5.98. The van der Waals surface area contributed by atoms with E-state index in [1.54, 1.807) is 5.01 Å². The Hall–Kier alpha value is -0.970. The van der Waals surface area contributed by atoms with Gasteiger partial charge in [-0.15, -0.1) is 10.6 Å². The quantitative estimate of drug-likeness (QED) is 0.357. The molecule has 0 fully saturated rings. The molecule has 0 radical (unpaired) electrons. The van der Waals surface area contributed by atoms with E-state index in [1.807, 2.05) is 14.1 Å². The summed E-state index contributed by atoms with van der Waals surface area (Å²) in [6, 6.07) is 0. The molecule has 0 aliphatic carbocycles. The van der Waals surface area contributed by atoms with Gasteiger partial charge in [0.2, 0.25) is 5.96 Å². The Bertz CT molecular complexity index is 108. The smallest absolute Gasteiger partial charge is 0.233 e. The fraction of sp³-hybridized carbons (Fsp3) is 0.667. The predicted molar refractivity (Wildman–Crippen MR) is 30.5 cm³/mol. The van der Waals surface area contributed by atoms with Crippen molar-refractivity contribution in [1.82, 2.24) is 21.4 Å². The Morgan fingerprint density at radius 3 is 2.75 bits per heavy atom. The average Bonchev–Trinajstić information content (AvgIpc) is 2.14. The SMILES string of the molecule is CNC1=NNNN1C. The van der Waals surface area contributed by atoms with Gasteiger partial charge in [-0.1, -0.05) is 0 Å². The zero-order valence-electron chi connectivity index (χ0n) is 4.89. The number of hydrazine groups is 2. The lowest BCUT2D eigenvalue weighted by Crippen LogP contribution is -2.41. The third-order valence-corrected chi connectivity index (χ3v) is 0.921. The van der Waals surface area contributed by atoms with E-state index in [4.69, 9.17) is 0 Å². The Morgan fingerprint density at radius 2 is 2.50 bits per heavy atom. The summed E-state index contributed by atoms with van der Waals surface area (Å²) >= 11 is 0. The van der Waals surface area contributed by atoms with Crippen LogP contribution in [0.5, 0.6) is 0 Å². The molecule has 46 valence electrons. The van der Waals surface area contributed by atoms with Crippen LogP contribution in [0.1, 0.15) is 0 Å². The highest BCUT2D eigenvalue weighted by atomic mass is 15.8. The van der Waals surface area contributed by atoms with E-state index >= 15 is 0 Å². The van der Waals surface area contributed by atoms with Gasteiger partial charge < -0.3 is 5.32 Å². The topological polar surface area (TPSA) is 51.7 Å². The van der Waals surface area contributed by atoms with Gasteiger partial charge in [0, 0.05) is 14.1 Å². The van der Waals surface area contributed by atoms with Crippen LogP contribution < -0.4 is 16.4 Å². The highest BCUT2D eigenvalue weighted by Crippen LogP contribution is 1.80. The summed E-state index contributed by atoms with van der Waals surface area (Å²) in [6.45, 7) is 0. The Morgan fingerprint density at radius 1 is 1.75 bits per heavy atom. The monoisotopic (exact) mass is 115 g/mol. The van der Waals surface area contributed by atoms with Crippen molar-refractivity contribution < 1.29 is 0 Å². The first kappa shape index (κ1) is 5.17. The van der Waals surface area contributed by atoms with Gasteiger partial charge in [-0.3, -0.25) is 5.01 Å². The third kappa shape index (κ3) is 0.671. The molecule has 0 aromatic carbocycles. The van der Waals surface area contributed by atoms with Crippen LogP contribution >= 0.6 is 0 Å². The van der Waals surface area contributed by atoms with Gasteiger partial charge in [-0.2, -0.15) is 0 Å². The second kappa shape index (κ2) is 1.87. The fourth-order valence-electron chi connectivity index (χ4n) is 0.505. The number of hydrazone groups is 1. The molecule has 5 nitrogen and oxygen atoms in total. The number of nitrogens with one attached hydrogen (secondary N) is 3. The zero-order valence-corrected chi connectivity index (χ0v) is 4.89. The summed E-state index contributed by atoms with van der Waals surface area (Å²) in [4.78, 5) is 0. The summed E-state index contributed by atoms with van der Waals surface area (Å²) in [7, 11) is 3.67. The number of nitrogens with zero attached hydrogens (tertiary/aromatic N) is 2. The van der Waals surface area contributed by atoms with E-state index in [2.05, 4.69) is 21.5 Å². The van der Waals surface area contributed by atoms with Crippen LogP contribution in [0, 0.1) is 0 Å². The second-order valence-corrected chi connectivity index (χ2v) is 1.47. The molecule has 1 aliphatic rings. The highest BCUT2D eigenvalue weighted by Gasteiger charge is 2.06. The maximum Gasteiger partial charge on any atom is 0.233 e. The van der Waals surface area contributed by atoms with Crippen molar-refractivity contribution in [3.8, 4) is 0 Å². The minimum absolute atomic E-state index is 0.782. The second-order valence-electron chi connectivity index (χ2n) is 1.47. The normalized spacial score (nSPS) is 17.8. The van der Waals surface area contributed by atoms with Crippen molar-refractivity contribution >= 4 is 5.96 Å². The molecule has 1 rings (SSSR count). The molecule has 0 aromatic heterocycles. The summed E-state index contributed by atoms with van der Waals surface area (Å²) in [5, 5.41) is 8.41. The van der Waals surface area contributed by atoms with Gasteiger partial charge in [0.1, 0.15) is 0 Å². The van der Waals surface area contributed by atoms with E-state index in [0.29, 0.717) is 0 Å². The lowest BCUT2D eigenvalue weighted by Gasteiger charge is -2.09. The number of hydrogen-bond donors (Lipinski definition) is 3. The van der Waals surface area contributed by atoms with E-state index < -0.39 is 0 Å².